The third kappa shape index (κ3) is 7.27. The Morgan fingerprint density at radius 3 is 2.17 bits per heavy atom. The molecule has 2 amide bonds. The Morgan fingerprint density at radius 1 is 0.950 bits per heavy atom. The van der Waals surface area contributed by atoms with E-state index in [-0.39, 0.29) is 23.7 Å². The average Bonchev–Trinajstić information content (AvgIpc) is 2.92. The third-order valence-electron chi connectivity index (χ3n) is 6.23. The van der Waals surface area contributed by atoms with Gasteiger partial charge in [0, 0.05) is 28.7 Å². The van der Waals surface area contributed by atoms with Crippen LogP contribution in [0.3, 0.4) is 0 Å². The molecule has 0 aliphatic heterocycles. The van der Waals surface area contributed by atoms with Gasteiger partial charge < -0.3 is 15.0 Å². The van der Waals surface area contributed by atoms with Gasteiger partial charge in [-0.25, -0.2) is 8.42 Å². The summed E-state index contributed by atoms with van der Waals surface area (Å²) >= 11 is 12.8. The van der Waals surface area contributed by atoms with E-state index in [1.54, 1.807) is 75.4 Å². The number of nitrogens with one attached hydrogen (secondary N) is 1. The predicted molar refractivity (Wildman–Crippen MR) is 158 cm³/mol. The van der Waals surface area contributed by atoms with E-state index in [9.17, 15) is 18.0 Å². The summed E-state index contributed by atoms with van der Waals surface area (Å²) in [6.45, 7) is 6.89. The molecular formula is C29H33Cl2N3O5S. The number of halogens is 2. The van der Waals surface area contributed by atoms with Crippen LogP contribution in [0.4, 0.5) is 5.69 Å². The lowest BCUT2D eigenvalue weighted by atomic mass is 10.1. The molecule has 0 heterocycles. The first kappa shape index (κ1) is 31.3. The lowest BCUT2D eigenvalue weighted by Crippen LogP contribution is -2.51. The number of aryl methyl sites for hydroxylation is 1. The summed E-state index contributed by atoms with van der Waals surface area (Å²) in [6.07, 6.45) is 0. The second-order valence-corrected chi connectivity index (χ2v) is 11.7. The Morgan fingerprint density at radius 2 is 1.57 bits per heavy atom. The van der Waals surface area contributed by atoms with Crippen molar-refractivity contribution in [3.05, 3.63) is 87.9 Å². The fourth-order valence-corrected chi connectivity index (χ4v) is 5.99. The molecule has 3 rings (SSSR count). The van der Waals surface area contributed by atoms with E-state index in [4.69, 9.17) is 27.9 Å². The maximum absolute atomic E-state index is 14.0. The van der Waals surface area contributed by atoms with Crippen LogP contribution in [0.5, 0.6) is 5.75 Å². The van der Waals surface area contributed by atoms with Crippen LogP contribution in [-0.4, -0.2) is 50.9 Å². The molecule has 0 bridgehead atoms. The summed E-state index contributed by atoms with van der Waals surface area (Å²) in [5, 5.41) is 3.35. The molecule has 40 heavy (non-hydrogen) atoms. The Labute approximate surface area is 245 Å². The molecule has 214 valence electrons. The van der Waals surface area contributed by atoms with Crippen molar-refractivity contribution in [3.63, 3.8) is 0 Å². The zero-order valence-electron chi connectivity index (χ0n) is 22.9. The third-order valence-corrected chi connectivity index (χ3v) is 8.71. The summed E-state index contributed by atoms with van der Waals surface area (Å²) in [4.78, 5) is 28.2. The maximum Gasteiger partial charge on any atom is 0.264 e. The maximum atomic E-state index is 14.0. The van der Waals surface area contributed by atoms with Crippen LogP contribution in [0.25, 0.3) is 0 Å². The number of nitrogens with zero attached hydrogens (tertiary/aromatic N) is 2. The van der Waals surface area contributed by atoms with Crippen LogP contribution in [0, 0.1) is 6.92 Å². The van der Waals surface area contributed by atoms with Gasteiger partial charge in [0.2, 0.25) is 11.8 Å². The van der Waals surface area contributed by atoms with E-state index in [1.165, 1.54) is 17.0 Å². The molecule has 0 saturated heterocycles. The molecule has 0 fully saturated rings. The van der Waals surface area contributed by atoms with Crippen LogP contribution >= 0.6 is 23.2 Å². The molecule has 3 aromatic rings. The number of amides is 2. The molecule has 0 aromatic heterocycles. The van der Waals surface area contributed by atoms with Gasteiger partial charge in [-0.2, -0.15) is 0 Å². The number of benzene rings is 3. The van der Waals surface area contributed by atoms with Crippen LogP contribution in [-0.2, 0) is 26.2 Å². The van der Waals surface area contributed by atoms with Gasteiger partial charge in [-0.05, 0) is 64.1 Å². The van der Waals surface area contributed by atoms with E-state index >= 15 is 0 Å². The number of hydrogen-bond donors (Lipinski definition) is 1. The summed E-state index contributed by atoms with van der Waals surface area (Å²) in [7, 11) is -4.23. The first-order valence-corrected chi connectivity index (χ1v) is 15.0. The van der Waals surface area contributed by atoms with Crippen molar-refractivity contribution in [2.45, 2.75) is 45.2 Å². The number of para-hydroxylation sites is 2. The molecule has 0 radical (unpaired) electrons. The first-order valence-electron chi connectivity index (χ1n) is 12.8. The highest BCUT2D eigenvalue weighted by atomic mass is 35.5. The first-order chi connectivity index (χ1) is 19.0. The van der Waals surface area contributed by atoms with Gasteiger partial charge in [0.1, 0.15) is 18.3 Å². The highest BCUT2D eigenvalue weighted by molar-refractivity contribution is 7.92. The smallest absolute Gasteiger partial charge is 0.264 e. The molecule has 0 spiro atoms. The van der Waals surface area contributed by atoms with Gasteiger partial charge in [-0.1, -0.05) is 59.1 Å². The molecule has 1 atom stereocenters. The molecule has 0 saturated carbocycles. The predicted octanol–water partition coefficient (Wildman–Crippen LogP) is 5.45. The summed E-state index contributed by atoms with van der Waals surface area (Å²) in [6, 6.07) is 16.9. The van der Waals surface area contributed by atoms with E-state index in [0.717, 1.165) is 9.87 Å². The van der Waals surface area contributed by atoms with Crippen LogP contribution in [0.2, 0.25) is 10.0 Å². The molecule has 0 aliphatic carbocycles. The second-order valence-electron chi connectivity index (χ2n) is 9.02. The van der Waals surface area contributed by atoms with Crippen molar-refractivity contribution in [3.8, 4) is 5.75 Å². The summed E-state index contributed by atoms with van der Waals surface area (Å²) in [5.74, 6) is -0.732. The van der Waals surface area contributed by atoms with Crippen molar-refractivity contribution in [2.24, 2.45) is 0 Å². The van der Waals surface area contributed by atoms with Crippen LogP contribution in [0.1, 0.15) is 31.9 Å². The number of carbonyl (C=O) groups excluding carboxylic acids is 2. The highest BCUT2D eigenvalue weighted by Gasteiger charge is 2.34. The Balaban J connectivity index is 2.12. The monoisotopic (exact) mass is 605 g/mol. The summed E-state index contributed by atoms with van der Waals surface area (Å²) < 4.78 is 34.8. The lowest BCUT2D eigenvalue weighted by molar-refractivity contribution is -0.139. The van der Waals surface area contributed by atoms with Crippen molar-refractivity contribution < 1.29 is 22.7 Å². The van der Waals surface area contributed by atoms with Gasteiger partial charge in [0.15, 0.2) is 0 Å². The minimum absolute atomic E-state index is 0.00896. The number of likely N-dealkylation sites (N-methyl/N-ethyl adjacent to an activating group) is 1. The fourth-order valence-electron chi connectivity index (χ4n) is 4.05. The second kappa shape index (κ2) is 13.9. The van der Waals surface area contributed by atoms with E-state index < -0.39 is 34.4 Å². The van der Waals surface area contributed by atoms with Gasteiger partial charge in [0.05, 0.1) is 17.2 Å². The van der Waals surface area contributed by atoms with E-state index in [1.807, 2.05) is 6.92 Å². The number of sulfonamides is 1. The van der Waals surface area contributed by atoms with Crippen molar-refractivity contribution in [1.82, 2.24) is 10.2 Å². The lowest BCUT2D eigenvalue weighted by Gasteiger charge is -2.32. The molecule has 1 unspecified atom stereocenters. The van der Waals surface area contributed by atoms with Gasteiger partial charge in [-0.15, -0.1) is 0 Å². The molecule has 0 aliphatic rings. The quantitative estimate of drug-likeness (QED) is 0.296. The Bertz CT molecular complexity index is 1430. The van der Waals surface area contributed by atoms with E-state index in [2.05, 4.69) is 5.32 Å². The number of rotatable bonds is 12. The van der Waals surface area contributed by atoms with Crippen molar-refractivity contribution >= 4 is 50.7 Å². The molecule has 1 N–H and O–H groups in total. The van der Waals surface area contributed by atoms with Crippen molar-refractivity contribution in [1.29, 1.82) is 0 Å². The average molecular weight is 607 g/mol. The van der Waals surface area contributed by atoms with Gasteiger partial charge in [-0.3, -0.25) is 13.9 Å². The van der Waals surface area contributed by atoms with Gasteiger partial charge in [0.25, 0.3) is 10.0 Å². The van der Waals surface area contributed by atoms with Crippen LogP contribution < -0.4 is 14.4 Å². The molecule has 3 aromatic carbocycles. The minimum atomic E-state index is -4.23. The van der Waals surface area contributed by atoms with Crippen LogP contribution in [0.15, 0.2) is 71.6 Å². The largest absolute Gasteiger partial charge is 0.492 e. The number of anilines is 1. The molecule has 11 heteroatoms. The number of carbonyl (C=O) groups is 2. The number of hydrogen-bond acceptors (Lipinski definition) is 5. The minimum Gasteiger partial charge on any atom is -0.492 e. The number of ether oxygens (including phenoxy) is 1. The Kier molecular flexibility index (Phi) is 10.8. The zero-order valence-corrected chi connectivity index (χ0v) is 25.2. The SMILES string of the molecule is CCNC(=O)C(C)N(Cc1c(Cl)cccc1Cl)C(=O)CN(c1ccccc1OCC)S(=O)(=O)c1ccc(C)cc1. The molecular weight excluding hydrogens is 573 g/mol. The Hall–Kier alpha value is -3.27. The molecule has 8 nitrogen and oxygen atoms in total. The topological polar surface area (TPSA) is 96.0 Å². The highest BCUT2D eigenvalue weighted by Crippen LogP contribution is 2.33. The van der Waals surface area contributed by atoms with Crippen molar-refractivity contribution in [2.75, 3.05) is 24.0 Å². The van der Waals surface area contributed by atoms with E-state index in [0.29, 0.717) is 27.9 Å². The zero-order chi connectivity index (χ0) is 29.4. The summed E-state index contributed by atoms with van der Waals surface area (Å²) in [5.41, 5.74) is 1.52. The fraction of sp³-hybridized carbons (Fsp3) is 0.310. The normalized spacial score (nSPS) is 11.9. The van der Waals surface area contributed by atoms with Gasteiger partial charge >= 0.3 is 0 Å². The standard InChI is InChI=1S/C29H33Cl2N3O5S/c1-5-32-29(36)21(4)33(18-23-24(30)10-9-11-25(23)31)28(35)19-34(26-12-7-8-13-27(26)39-6-2)40(37,38)22-16-14-20(3)15-17-22/h7-17,21H,5-6,18-19H2,1-4H3,(H,32,36).